The normalized spacial score (nSPS) is 11.4. The molecule has 0 spiro atoms. The summed E-state index contributed by atoms with van der Waals surface area (Å²) in [4.78, 5) is -0.676. The Balaban J connectivity index is 2.54. The van der Waals surface area contributed by atoms with Gasteiger partial charge in [0.25, 0.3) is 10.0 Å². The van der Waals surface area contributed by atoms with Crippen molar-refractivity contribution in [2.24, 2.45) is 0 Å². The van der Waals surface area contributed by atoms with Gasteiger partial charge in [-0.2, -0.15) is 0 Å². The van der Waals surface area contributed by atoms with Crippen molar-refractivity contribution in [3.05, 3.63) is 50.9 Å². The summed E-state index contributed by atoms with van der Waals surface area (Å²) in [6.07, 6.45) is 0. The second-order valence-electron chi connectivity index (χ2n) is 4.02. The van der Waals surface area contributed by atoms with Crippen LogP contribution in [0.2, 0.25) is 0 Å². The standard InChI is InChI=1S/C12H8Br2F2N2O2S/c13-7-2-1-3-9(15)12(7)18-21(19,20)10-5-6(17)4-8(14)11(10)16/h1-5,18H,17H2. The molecule has 112 valence electrons. The summed E-state index contributed by atoms with van der Waals surface area (Å²) < 4.78 is 54.1. The average Bonchev–Trinajstić information content (AvgIpc) is 2.38. The molecule has 0 atom stereocenters. The topological polar surface area (TPSA) is 72.2 Å². The molecule has 0 aliphatic rings. The summed E-state index contributed by atoms with van der Waals surface area (Å²) >= 11 is 5.90. The Morgan fingerprint density at radius 1 is 1.10 bits per heavy atom. The molecule has 2 aromatic rings. The van der Waals surface area contributed by atoms with Crippen LogP contribution in [0.15, 0.2) is 44.2 Å². The van der Waals surface area contributed by atoms with Crippen LogP contribution < -0.4 is 10.5 Å². The zero-order valence-electron chi connectivity index (χ0n) is 10.2. The van der Waals surface area contributed by atoms with E-state index in [2.05, 4.69) is 31.9 Å². The van der Waals surface area contributed by atoms with E-state index in [9.17, 15) is 17.2 Å². The van der Waals surface area contributed by atoms with Gasteiger partial charge in [0.05, 0.1) is 10.2 Å². The SMILES string of the molecule is Nc1cc(Br)c(F)c(S(=O)(=O)Nc2c(F)cccc2Br)c1. The van der Waals surface area contributed by atoms with Crippen molar-refractivity contribution in [3.63, 3.8) is 0 Å². The lowest BCUT2D eigenvalue weighted by Crippen LogP contribution is -2.16. The van der Waals surface area contributed by atoms with Crippen molar-refractivity contribution in [1.82, 2.24) is 0 Å². The van der Waals surface area contributed by atoms with E-state index in [1.54, 1.807) is 0 Å². The number of sulfonamides is 1. The van der Waals surface area contributed by atoms with Crippen molar-refractivity contribution < 1.29 is 17.2 Å². The number of anilines is 2. The van der Waals surface area contributed by atoms with E-state index in [4.69, 9.17) is 5.73 Å². The maximum atomic E-state index is 14.0. The number of hydrogen-bond acceptors (Lipinski definition) is 3. The average molecular weight is 442 g/mol. The number of rotatable bonds is 3. The summed E-state index contributed by atoms with van der Waals surface area (Å²) in [5.41, 5.74) is 5.25. The highest BCUT2D eigenvalue weighted by Crippen LogP contribution is 2.31. The van der Waals surface area contributed by atoms with Crippen molar-refractivity contribution in [3.8, 4) is 0 Å². The maximum absolute atomic E-state index is 14.0. The first kappa shape index (κ1) is 16.2. The lowest BCUT2D eigenvalue weighted by atomic mass is 10.3. The molecule has 0 aliphatic carbocycles. The number of nitrogens with two attached hydrogens (primary N) is 1. The van der Waals surface area contributed by atoms with Crippen LogP contribution in [0.5, 0.6) is 0 Å². The number of para-hydroxylation sites is 1. The third-order valence-corrected chi connectivity index (χ3v) is 5.09. The van der Waals surface area contributed by atoms with Gasteiger partial charge in [-0.05, 0) is 56.1 Å². The summed E-state index contributed by atoms with van der Waals surface area (Å²) in [5, 5.41) is 0. The molecule has 0 unspecified atom stereocenters. The maximum Gasteiger partial charge on any atom is 0.265 e. The monoisotopic (exact) mass is 440 g/mol. The first-order valence-corrected chi connectivity index (χ1v) is 8.50. The molecule has 0 amide bonds. The van der Waals surface area contributed by atoms with E-state index in [0.29, 0.717) is 0 Å². The highest BCUT2D eigenvalue weighted by molar-refractivity contribution is 9.10. The number of nitrogen functional groups attached to an aromatic ring is 1. The van der Waals surface area contributed by atoms with E-state index in [-0.39, 0.29) is 20.3 Å². The fourth-order valence-corrected chi connectivity index (χ4v) is 3.97. The highest BCUT2D eigenvalue weighted by Gasteiger charge is 2.24. The summed E-state index contributed by atoms with van der Waals surface area (Å²) in [7, 11) is -4.34. The number of benzene rings is 2. The van der Waals surface area contributed by atoms with E-state index in [1.165, 1.54) is 18.2 Å². The molecule has 4 nitrogen and oxygen atoms in total. The second kappa shape index (κ2) is 5.90. The van der Waals surface area contributed by atoms with Gasteiger partial charge >= 0.3 is 0 Å². The predicted octanol–water partition coefficient (Wildman–Crippen LogP) is 3.87. The largest absolute Gasteiger partial charge is 0.399 e. The molecule has 0 aliphatic heterocycles. The summed E-state index contributed by atoms with van der Waals surface area (Å²) in [6, 6.07) is 6.11. The van der Waals surface area contributed by atoms with Gasteiger partial charge < -0.3 is 5.73 Å². The molecule has 2 rings (SSSR count). The Morgan fingerprint density at radius 2 is 1.76 bits per heavy atom. The minimum Gasteiger partial charge on any atom is -0.399 e. The van der Waals surface area contributed by atoms with Gasteiger partial charge in [-0.1, -0.05) is 6.07 Å². The van der Waals surface area contributed by atoms with E-state index in [0.717, 1.165) is 12.1 Å². The quantitative estimate of drug-likeness (QED) is 0.710. The molecule has 2 aromatic carbocycles. The van der Waals surface area contributed by atoms with Crippen LogP contribution in [0.1, 0.15) is 0 Å². The zero-order valence-corrected chi connectivity index (χ0v) is 14.2. The van der Waals surface area contributed by atoms with Crippen LogP contribution in [0.25, 0.3) is 0 Å². The van der Waals surface area contributed by atoms with Crippen molar-refractivity contribution in [2.45, 2.75) is 4.90 Å². The number of hydrogen-bond donors (Lipinski definition) is 2. The molecule has 0 radical (unpaired) electrons. The smallest absolute Gasteiger partial charge is 0.265 e. The van der Waals surface area contributed by atoms with Crippen LogP contribution in [0.4, 0.5) is 20.2 Å². The van der Waals surface area contributed by atoms with Gasteiger partial charge in [0.1, 0.15) is 10.7 Å². The minimum atomic E-state index is -4.34. The minimum absolute atomic E-state index is 0.0521. The van der Waals surface area contributed by atoms with Crippen LogP contribution >= 0.6 is 31.9 Å². The zero-order chi connectivity index (χ0) is 15.8. The van der Waals surface area contributed by atoms with Gasteiger partial charge in [-0.3, -0.25) is 4.72 Å². The van der Waals surface area contributed by atoms with Crippen molar-refractivity contribution in [2.75, 3.05) is 10.5 Å². The molecule has 0 bridgehead atoms. The molecule has 0 heterocycles. The van der Waals surface area contributed by atoms with E-state index < -0.39 is 26.6 Å². The summed E-state index contributed by atoms with van der Waals surface area (Å²) in [5.74, 6) is -1.81. The summed E-state index contributed by atoms with van der Waals surface area (Å²) in [6.45, 7) is 0. The van der Waals surface area contributed by atoms with Gasteiger partial charge in [0.2, 0.25) is 0 Å². The number of nitrogens with one attached hydrogen (secondary N) is 1. The fraction of sp³-hybridized carbons (Fsp3) is 0. The van der Waals surface area contributed by atoms with Crippen LogP contribution in [0.3, 0.4) is 0 Å². The second-order valence-corrected chi connectivity index (χ2v) is 7.38. The lowest BCUT2D eigenvalue weighted by molar-refractivity contribution is 0.566. The van der Waals surface area contributed by atoms with Gasteiger partial charge in [-0.25, -0.2) is 17.2 Å². The third kappa shape index (κ3) is 3.35. The first-order valence-electron chi connectivity index (χ1n) is 5.43. The van der Waals surface area contributed by atoms with Gasteiger partial charge in [0, 0.05) is 10.2 Å². The van der Waals surface area contributed by atoms with Crippen LogP contribution in [0, 0.1) is 11.6 Å². The lowest BCUT2D eigenvalue weighted by Gasteiger charge is -2.12. The Hall–Kier alpha value is -1.19. The molecular weight excluding hydrogens is 434 g/mol. The Kier molecular flexibility index (Phi) is 4.54. The Labute approximate surface area is 136 Å². The highest BCUT2D eigenvalue weighted by atomic mass is 79.9. The molecule has 0 saturated heterocycles. The molecule has 3 N–H and O–H groups in total. The predicted molar refractivity (Wildman–Crippen MR) is 83.4 cm³/mol. The van der Waals surface area contributed by atoms with Crippen LogP contribution in [-0.2, 0) is 10.0 Å². The molecule has 21 heavy (non-hydrogen) atoms. The molecule has 0 aromatic heterocycles. The number of halogens is 4. The van der Waals surface area contributed by atoms with E-state index in [1.807, 2.05) is 4.72 Å². The van der Waals surface area contributed by atoms with Gasteiger partial charge in [-0.15, -0.1) is 0 Å². The first-order chi connectivity index (χ1) is 9.72. The van der Waals surface area contributed by atoms with Gasteiger partial charge in [0.15, 0.2) is 5.82 Å². The van der Waals surface area contributed by atoms with Crippen LogP contribution in [-0.4, -0.2) is 8.42 Å². The Morgan fingerprint density at radius 3 is 2.38 bits per heavy atom. The van der Waals surface area contributed by atoms with Crippen molar-refractivity contribution in [1.29, 1.82) is 0 Å². The van der Waals surface area contributed by atoms with Crippen molar-refractivity contribution >= 4 is 53.3 Å². The van der Waals surface area contributed by atoms with E-state index >= 15 is 0 Å². The fourth-order valence-electron chi connectivity index (χ4n) is 1.56. The molecule has 0 fully saturated rings. The molecule has 9 heteroatoms. The Bertz CT molecular complexity index is 793. The molecular formula is C12H8Br2F2N2O2S. The third-order valence-electron chi connectivity index (χ3n) is 2.51. The molecule has 0 saturated carbocycles.